The van der Waals surface area contributed by atoms with Crippen molar-refractivity contribution in [2.24, 2.45) is 17.3 Å². The molecule has 0 radical (unpaired) electrons. The van der Waals surface area contributed by atoms with E-state index in [-0.39, 0.29) is 31.7 Å². The predicted molar refractivity (Wildman–Crippen MR) is 216 cm³/mol. The second kappa shape index (κ2) is 15.7. The van der Waals surface area contributed by atoms with Crippen LogP contribution in [0.15, 0.2) is 73.3 Å². The van der Waals surface area contributed by atoms with Crippen molar-refractivity contribution in [1.29, 1.82) is 0 Å². The zero-order chi connectivity index (χ0) is 40.7. The summed E-state index contributed by atoms with van der Waals surface area (Å²) < 4.78 is 27.7. The standard InChI is InChI=1S/C43H52N6O7S/c1-5-28-25-43(28,41(54)47-57(55,56)30-18-19-30)46-39(52)36-22-29(26-49(36)40(53)33(42(2,3)4)24-37(50)48-20-12-7-13-21-48)44-38(51)32-23-35(27-14-8-6-9-15-27)45-34-17-11-10-16-31(32)34/h5-6,8-11,14-17,23,28-30,33,36H,1,7,12-13,18-22,24-26H2,2-4H3,(H,44,51)(H,46,52)(H,47,54)/t28-,29-,33-,36+,43?/m1/s1. The molecule has 0 bridgehead atoms. The number of pyridine rings is 1. The number of piperidine rings is 1. The first-order chi connectivity index (χ1) is 27.1. The fourth-order valence-electron chi connectivity index (χ4n) is 8.25. The smallest absolute Gasteiger partial charge is 0.259 e. The quantitative estimate of drug-likeness (QED) is 0.227. The summed E-state index contributed by atoms with van der Waals surface area (Å²) in [4.78, 5) is 78.7. The Kier molecular flexibility index (Phi) is 11.0. The Bertz CT molecular complexity index is 2200. The van der Waals surface area contributed by atoms with Crippen molar-refractivity contribution in [2.75, 3.05) is 19.6 Å². The van der Waals surface area contributed by atoms with Gasteiger partial charge in [-0.2, -0.15) is 0 Å². The largest absolute Gasteiger partial charge is 0.347 e. The number of carbonyl (C=O) groups is 5. The summed E-state index contributed by atoms with van der Waals surface area (Å²) in [5, 5.41) is 5.90. The normalized spacial score (nSPS) is 24.0. The molecule has 5 amide bonds. The predicted octanol–water partition coefficient (Wildman–Crippen LogP) is 4.34. The van der Waals surface area contributed by atoms with Crippen molar-refractivity contribution in [2.45, 2.75) is 95.0 Å². The second-order valence-corrected chi connectivity index (χ2v) is 19.1. The number of hydrogen-bond acceptors (Lipinski definition) is 8. The highest BCUT2D eigenvalue weighted by atomic mass is 32.2. The van der Waals surface area contributed by atoms with Gasteiger partial charge in [-0.25, -0.2) is 13.4 Å². The van der Waals surface area contributed by atoms with Crippen LogP contribution in [-0.4, -0.2) is 95.2 Å². The highest BCUT2D eigenvalue weighted by Gasteiger charge is 2.62. The highest BCUT2D eigenvalue weighted by Crippen LogP contribution is 2.46. The van der Waals surface area contributed by atoms with E-state index in [9.17, 15) is 32.4 Å². The van der Waals surface area contributed by atoms with Crippen LogP contribution in [0.4, 0.5) is 0 Å². The van der Waals surface area contributed by atoms with E-state index in [0.717, 1.165) is 24.8 Å². The third-order valence-corrected chi connectivity index (χ3v) is 13.8. The molecule has 1 aromatic heterocycles. The summed E-state index contributed by atoms with van der Waals surface area (Å²) in [6.45, 7) is 10.7. The molecular weight excluding hydrogens is 745 g/mol. The van der Waals surface area contributed by atoms with Gasteiger partial charge in [-0.15, -0.1) is 6.58 Å². The third kappa shape index (κ3) is 8.46. The number of likely N-dealkylation sites (tertiary alicyclic amines) is 2. The van der Waals surface area contributed by atoms with E-state index in [0.29, 0.717) is 48.1 Å². The number of amides is 5. The summed E-state index contributed by atoms with van der Waals surface area (Å²) >= 11 is 0. The minimum atomic E-state index is -3.91. The van der Waals surface area contributed by atoms with Gasteiger partial charge in [-0.05, 0) is 62.5 Å². The van der Waals surface area contributed by atoms with E-state index in [1.807, 2.05) is 75.4 Å². The van der Waals surface area contributed by atoms with Crippen LogP contribution in [0.1, 0.15) is 82.5 Å². The maximum Gasteiger partial charge on any atom is 0.259 e. The number of rotatable bonds is 12. The Morgan fingerprint density at radius 1 is 0.982 bits per heavy atom. The van der Waals surface area contributed by atoms with Crippen LogP contribution >= 0.6 is 0 Å². The summed E-state index contributed by atoms with van der Waals surface area (Å²) in [7, 11) is -3.91. The van der Waals surface area contributed by atoms with E-state index in [4.69, 9.17) is 4.98 Å². The minimum absolute atomic E-state index is 0.0195. The molecule has 302 valence electrons. The van der Waals surface area contributed by atoms with Gasteiger partial charge in [0, 0.05) is 49.0 Å². The van der Waals surface area contributed by atoms with Gasteiger partial charge >= 0.3 is 0 Å². The number of carbonyl (C=O) groups excluding carboxylic acids is 5. The van der Waals surface area contributed by atoms with Crippen LogP contribution < -0.4 is 15.4 Å². The fraction of sp³-hybridized carbons (Fsp3) is 0.488. The van der Waals surface area contributed by atoms with Gasteiger partial charge in [0.1, 0.15) is 11.6 Å². The van der Waals surface area contributed by atoms with Crippen LogP contribution in [0.3, 0.4) is 0 Å². The second-order valence-electron chi connectivity index (χ2n) is 17.1. The van der Waals surface area contributed by atoms with Gasteiger partial charge in [-0.1, -0.05) is 75.4 Å². The SMILES string of the molecule is C=C[C@@H]1CC1(NC(=O)[C@@H]1C[C@@H](NC(=O)c2cc(-c3ccccc3)nc3ccccc23)CN1C(=O)[C@@H](CC(=O)N1CCCCC1)C(C)(C)C)C(=O)NS(=O)(=O)C1CC1. The Balaban J connectivity index is 1.18. The van der Waals surface area contributed by atoms with Crippen molar-refractivity contribution >= 4 is 50.5 Å². The molecule has 13 nitrogen and oxygen atoms in total. The lowest BCUT2D eigenvalue weighted by Crippen LogP contribution is -2.57. The van der Waals surface area contributed by atoms with Crippen LogP contribution in [0.2, 0.25) is 0 Å². The van der Waals surface area contributed by atoms with Crippen LogP contribution in [0, 0.1) is 17.3 Å². The van der Waals surface area contributed by atoms with E-state index in [1.54, 1.807) is 11.0 Å². The molecule has 2 aromatic carbocycles. The maximum absolute atomic E-state index is 14.8. The van der Waals surface area contributed by atoms with Crippen LogP contribution in [-0.2, 0) is 29.2 Å². The number of benzene rings is 2. The summed E-state index contributed by atoms with van der Waals surface area (Å²) in [5.74, 6) is -3.75. The molecule has 2 saturated heterocycles. The Morgan fingerprint density at radius 3 is 2.32 bits per heavy atom. The maximum atomic E-state index is 14.8. The molecule has 14 heteroatoms. The molecule has 3 aromatic rings. The highest BCUT2D eigenvalue weighted by molar-refractivity contribution is 7.91. The van der Waals surface area contributed by atoms with Gasteiger partial charge in [0.05, 0.1) is 27.9 Å². The number of hydrogen-bond donors (Lipinski definition) is 3. The molecule has 3 N–H and O–H groups in total. The van der Waals surface area contributed by atoms with Crippen molar-refractivity contribution in [3.05, 3.63) is 78.9 Å². The number of nitrogens with one attached hydrogen (secondary N) is 3. The van der Waals surface area contributed by atoms with E-state index in [1.165, 1.54) is 11.0 Å². The Hall–Kier alpha value is -5.11. The fourth-order valence-corrected chi connectivity index (χ4v) is 9.61. The van der Waals surface area contributed by atoms with Crippen molar-refractivity contribution < 1.29 is 32.4 Å². The molecule has 5 atom stereocenters. The molecule has 7 rings (SSSR count). The molecule has 2 aliphatic heterocycles. The first kappa shape index (κ1) is 40.1. The molecule has 4 aliphatic rings. The monoisotopic (exact) mass is 796 g/mol. The van der Waals surface area contributed by atoms with Crippen molar-refractivity contribution in [3.8, 4) is 11.3 Å². The lowest BCUT2D eigenvalue weighted by atomic mass is 9.77. The molecule has 3 heterocycles. The Labute approximate surface area is 334 Å². The molecule has 4 fully saturated rings. The lowest BCUT2D eigenvalue weighted by Gasteiger charge is -2.36. The zero-order valence-corrected chi connectivity index (χ0v) is 33.6. The third-order valence-electron chi connectivity index (χ3n) is 11.9. The van der Waals surface area contributed by atoms with Gasteiger partial charge in [-0.3, -0.25) is 28.7 Å². The van der Waals surface area contributed by atoms with Crippen molar-refractivity contribution in [3.63, 3.8) is 0 Å². The van der Waals surface area contributed by atoms with Gasteiger partial charge in [0.15, 0.2) is 0 Å². The average molecular weight is 797 g/mol. The van der Waals surface area contributed by atoms with Gasteiger partial charge in [0.25, 0.3) is 11.8 Å². The first-order valence-corrected chi connectivity index (χ1v) is 21.5. The van der Waals surface area contributed by atoms with E-state index >= 15 is 0 Å². The van der Waals surface area contributed by atoms with Crippen molar-refractivity contribution in [1.82, 2.24) is 30.1 Å². The van der Waals surface area contributed by atoms with E-state index < -0.39 is 73.8 Å². The lowest BCUT2D eigenvalue weighted by molar-refractivity contribution is -0.148. The minimum Gasteiger partial charge on any atom is -0.347 e. The number of para-hydroxylation sites is 1. The zero-order valence-electron chi connectivity index (χ0n) is 32.8. The molecule has 57 heavy (non-hydrogen) atoms. The average Bonchev–Trinajstić information content (AvgIpc) is 4.13. The number of aromatic nitrogens is 1. The number of nitrogens with zero attached hydrogens (tertiary/aromatic N) is 3. The van der Waals surface area contributed by atoms with Gasteiger partial charge in [0.2, 0.25) is 27.7 Å². The van der Waals surface area contributed by atoms with E-state index in [2.05, 4.69) is 21.9 Å². The van der Waals surface area contributed by atoms with Crippen LogP contribution in [0.25, 0.3) is 22.2 Å². The molecule has 0 spiro atoms. The van der Waals surface area contributed by atoms with Crippen LogP contribution in [0.5, 0.6) is 0 Å². The Morgan fingerprint density at radius 2 is 1.67 bits per heavy atom. The first-order valence-electron chi connectivity index (χ1n) is 20.0. The summed E-state index contributed by atoms with van der Waals surface area (Å²) in [5.41, 5.74) is 0.222. The number of sulfonamides is 1. The topological polar surface area (TPSA) is 175 Å². The summed E-state index contributed by atoms with van der Waals surface area (Å²) in [6.07, 6.45) is 5.39. The van der Waals surface area contributed by atoms with Gasteiger partial charge < -0.3 is 20.4 Å². The molecule has 1 unspecified atom stereocenters. The molecule has 2 saturated carbocycles. The summed E-state index contributed by atoms with van der Waals surface area (Å²) in [6, 6.07) is 16.8. The number of fused-ring (bicyclic) bond motifs is 1. The molecular formula is C43H52N6O7S. The molecule has 2 aliphatic carbocycles.